The van der Waals surface area contributed by atoms with E-state index < -0.39 is 0 Å². The van der Waals surface area contributed by atoms with Crippen LogP contribution in [0.25, 0.3) is 107 Å². The highest BCUT2D eigenvalue weighted by molar-refractivity contribution is 7.26. The molecular formula is C55H36N4S2. The van der Waals surface area contributed by atoms with E-state index >= 15 is 0 Å². The third-order valence-electron chi connectivity index (χ3n) is 12.1. The number of thiophene rings is 2. The summed E-state index contributed by atoms with van der Waals surface area (Å²) in [6.45, 7) is 2.22. The largest absolute Gasteiger partial charge is 0.344 e. The van der Waals surface area contributed by atoms with Crippen LogP contribution in [0.4, 0.5) is 11.4 Å². The van der Waals surface area contributed by atoms with Gasteiger partial charge in [0.15, 0.2) is 17.5 Å². The molecule has 288 valence electrons. The van der Waals surface area contributed by atoms with E-state index in [2.05, 4.69) is 201 Å². The van der Waals surface area contributed by atoms with E-state index in [0.717, 1.165) is 28.1 Å². The van der Waals surface area contributed by atoms with Gasteiger partial charge in [-0.3, -0.25) is 0 Å². The molecular weight excluding hydrogens is 781 g/mol. The first-order chi connectivity index (χ1) is 30.0. The summed E-state index contributed by atoms with van der Waals surface area (Å²) >= 11 is 3.63. The molecule has 0 spiro atoms. The maximum atomic E-state index is 5.20. The van der Waals surface area contributed by atoms with Crippen molar-refractivity contribution < 1.29 is 0 Å². The number of aromatic nitrogens is 3. The molecule has 3 aromatic heterocycles. The average molecular weight is 817 g/mol. The molecule has 61 heavy (non-hydrogen) atoms. The topological polar surface area (TPSA) is 41.9 Å². The van der Waals surface area contributed by atoms with Crippen molar-refractivity contribution in [3.05, 3.63) is 188 Å². The number of hydrogen-bond donors (Lipinski definition) is 0. The fourth-order valence-electron chi connectivity index (χ4n) is 8.98. The van der Waals surface area contributed by atoms with Crippen LogP contribution in [-0.2, 0) is 0 Å². The van der Waals surface area contributed by atoms with Crippen LogP contribution >= 0.6 is 22.7 Å². The Morgan fingerprint density at radius 1 is 0.377 bits per heavy atom. The van der Waals surface area contributed by atoms with Crippen molar-refractivity contribution >= 4 is 95.9 Å². The predicted molar refractivity (Wildman–Crippen MR) is 262 cm³/mol. The van der Waals surface area contributed by atoms with Gasteiger partial charge in [0.1, 0.15) is 0 Å². The zero-order valence-electron chi connectivity index (χ0n) is 33.4. The van der Waals surface area contributed by atoms with Gasteiger partial charge < -0.3 is 4.90 Å². The first-order valence-electron chi connectivity index (χ1n) is 20.5. The summed E-state index contributed by atoms with van der Waals surface area (Å²) in [5.41, 5.74) is 8.81. The lowest BCUT2D eigenvalue weighted by Gasteiger charge is -2.26. The van der Waals surface area contributed by atoms with Crippen LogP contribution in [0.3, 0.4) is 0 Å². The zero-order valence-corrected chi connectivity index (χ0v) is 35.1. The maximum absolute atomic E-state index is 5.20. The Hall–Kier alpha value is -7.25. The Morgan fingerprint density at radius 3 is 1.39 bits per heavy atom. The van der Waals surface area contributed by atoms with Crippen LogP contribution in [0.2, 0.25) is 0 Å². The van der Waals surface area contributed by atoms with Crippen molar-refractivity contribution in [2.24, 2.45) is 0 Å². The van der Waals surface area contributed by atoms with Crippen LogP contribution in [0, 0.1) is 6.92 Å². The smallest absolute Gasteiger partial charge is 0.164 e. The monoisotopic (exact) mass is 816 g/mol. The Balaban J connectivity index is 0.990. The molecule has 0 amide bonds. The molecule has 0 fully saturated rings. The van der Waals surface area contributed by atoms with Gasteiger partial charge in [-0.2, -0.15) is 0 Å². The molecule has 0 aliphatic carbocycles. The number of nitrogens with zero attached hydrogens (tertiary/aromatic N) is 4. The molecule has 3 heterocycles. The number of rotatable bonds is 6. The van der Waals surface area contributed by atoms with Crippen molar-refractivity contribution in [3.63, 3.8) is 0 Å². The summed E-state index contributed by atoms with van der Waals surface area (Å²) in [6, 6.07) is 65.4. The molecule has 0 radical (unpaired) electrons. The maximum Gasteiger partial charge on any atom is 0.164 e. The number of anilines is 2. The van der Waals surface area contributed by atoms with Crippen LogP contribution in [0.1, 0.15) is 5.56 Å². The normalized spacial score (nSPS) is 11.8. The van der Waals surface area contributed by atoms with Crippen molar-refractivity contribution in [1.29, 1.82) is 0 Å². The second-order valence-electron chi connectivity index (χ2n) is 15.7. The third-order valence-corrected chi connectivity index (χ3v) is 14.4. The van der Waals surface area contributed by atoms with Gasteiger partial charge in [0.05, 0.1) is 0 Å². The first kappa shape index (κ1) is 35.7. The van der Waals surface area contributed by atoms with Crippen molar-refractivity contribution in [2.45, 2.75) is 6.92 Å². The van der Waals surface area contributed by atoms with Crippen molar-refractivity contribution in [2.75, 3.05) is 11.9 Å². The van der Waals surface area contributed by atoms with Gasteiger partial charge in [-0.25, -0.2) is 15.0 Å². The standard InChI is InChI=1S/C55H36N4S2/c1-33-19-20-34-11-3-5-13-40(34)51(33)52-41-14-6-4-12-35(41)23-28-46(52)59(2)39-26-21-36(22-27-39)53-56-54(37-24-29-49-44(31-37)42-15-7-9-17-47(42)60-49)58-55(57-53)38-25-30-50-45(32-38)43-16-8-10-18-48(43)61-50/h3-32H,1-2H3. The molecule has 0 unspecified atom stereocenters. The minimum Gasteiger partial charge on any atom is -0.344 e. The van der Waals surface area contributed by atoms with Gasteiger partial charge in [-0.05, 0) is 118 Å². The summed E-state index contributed by atoms with van der Waals surface area (Å²) in [5, 5.41) is 9.86. The molecule has 0 bridgehead atoms. The summed E-state index contributed by atoms with van der Waals surface area (Å²) < 4.78 is 5.05. The minimum absolute atomic E-state index is 0.637. The number of benzene rings is 9. The molecule has 4 nitrogen and oxygen atoms in total. The van der Waals surface area contributed by atoms with E-state index in [4.69, 9.17) is 15.0 Å². The van der Waals surface area contributed by atoms with Gasteiger partial charge >= 0.3 is 0 Å². The second kappa shape index (κ2) is 14.2. The van der Waals surface area contributed by atoms with Gasteiger partial charge in [-0.15, -0.1) is 22.7 Å². The quantitative estimate of drug-likeness (QED) is 0.168. The molecule has 9 aromatic carbocycles. The summed E-state index contributed by atoms with van der Waals surface area (Å²) in [6.07, 6.45) is 0. The minimum atomic E-state index is 0.637. The van der Waals surface area contributed by atoms with Crippen LogP contribution in [-0.4, -0.2) is 22.0 Å². The van der Waals surface area contributed by atoms with Crippen LogP contribution < -0.4 is 4.90 Å². The number of aryl methyl sites for hydroxylation is 1. The van der Waals surface area contributed by atoms with E-state index in [1.165, 1.54) is 78.6 Å². The zero-order chi connectivity index (χ0) is 40.6. The highest BCUT2D eigenvalue weighted by Gasteiger charge is 2.20. The fraction of sp³-hybridized carbons (Fsp3) is 0.0364. The van der Waals surface area contributed by atoms with E-state index in [-0.39, 0.29) is 0 Å². The van der Waals surface area contributed by atoms with E-state index in [1.807, 2.05) is 22.7 Å². The SMILES string of the molecule is Cc1ccc2ccccc2c1-c1c(N(C)c2ccc(-c3nc(-c4ccc5sc6ccccc6c5c4)nc(-c4ccc5sc6ccccc6c5c4)n3)cc2)ccc2ccccc12. The fourth-order valence-corrected chi connectivity index (χ4v) is 11.2. The van der Waals surface area contributed by atoms with E-state index in [0.29, 0.717) is 17.5 Å². The second-order valence-corrected chi connectivity index (χ2v) is 17.9. The molecule has 0 aliphatic heterocycles. The molecule has 12 rings (SSSR count). The molecule has 0 aliphatic rings. The summed E-state index contributed by atoms with van der Waals surface area (Å²) in [4.78, 5) is 17.9. The Labute approximate surface area is 360 Å². The first-order valence-corrected chi connectivity index (χ1v) is 22.1. The molecule has 6 heteroatoms. The van der Waals surface area contributed by atoms with Gasteiger partial charge in [0.2, 0.25) is 0 Å². The van der Waals surface area contributed by atoms with Crippen LogP contribution in [0.15, 0.2) is 182 Å². The third kappa shape index (κ3) is 5.98. The number of fused-ring (bicyclic) bond motifs is 8. The average Bonchev–Trinajstić information content (AvgIpc) is 3.89. The van der Waals surface area contributed by atoms with E-state index in [9.17, 15) is 0 Å². The lowest BCUT2D eigenvalue weighted by atomic mass is 9.89. The Bertz CT molecular complexity index is 3560. The summed E-state index contributed by atoms with van der Waals surface area (Å²) in [7, 11) is 2.16. The van der Waals surface area contributed by atoms with Gasteiger partial charge in [0, 0.05) is 81.0 Å². The highest BCUT2D eigenvalue weighted by atomic mass is 32.1. The molecule has 0 saturated carbocycles. The van der Waals surface area contributed by atoms with E-state index in [1.54, 1.807) is 0 Å². The molecule has 0 N–H and O–H groups in total. The lowest BCUT2D eigenvalue weighted by molar-refractivity contribution is 1.07. The summed E-state index contributed by atoms with van der Waals surface area (Å²) in [5.74, 6) is 1.94. The highest BCUT2D eigenvalue weighted by Crippen LogP contribution is 2.45. The lowest BCUT2D eigenvalue weighted by Crippen LogP contribution is -2.11. The Kier molecular flexibility index (Phi) is 8.30. The van der Waals surface area contributed by atoms with Crippen molar-refractivity contribution in [3.8, 4) is 45.3 Å². The molecule has 0 saturated heterocycles. The van der Waals surface area contributed by atoms with Gasteiger partial charge in [0.25, 0.3) is 0 Å². The Morgan fingerprint density at radius 2 is 0.820 bits per heavy atom. The predicted octanol–water partition coefficient (Wildman–Crippen LogP) is 15.7. The molecule has 12 aromatic rings. The van der Waals surface area contributed by atoms with Crippen LogP contribution in [0.5, 0.6) is 0 Å². The number of hydrogen-bond acceptors (Lipinski definition) is 6. The molecule has 0 atom stereocenters. The van der Waals surface area contributed by atoms with Gasteiger partial charge in [-0.1, -0.05) is 103 Å². The van der Waals surface area contributed by atoms with Crippen molar-refractivity contribution in [1.82, 2.24) is 15.0 Å².